The van der Waals surface area contributed by atoms with Gasteiger partial charge in [0.25, 0.3) is 0 Å². The number of hydrogen-bond donors (Lipinski definition) is 0. The highest BCUT2D eigenvalue weighted by Crippen LogP contribution is 2.47. The zero-order valence-corrected chi connectivity index (χ0v) is 14.3. The summed E-state index contributed by atoms with van der Waals surface area (Å²) >= 11 is 3.44. The van der Waals surface area contributed by atoms with E-state index in [0.29, 0.717) is 5.92 Å². The largest absolute Gasteiger partial charge is 0.207 e. The lowest BCUT2D eigenvalue weighted by atomic mass is 9.69. The van der Waals surface area contributed by atoms with Gasteiger partial charge in [-0.05, 0) is 42.9 Å². The highest BCUT2D eigenvalue weighted by Gasteiger charge is 2.34. The third-order valence-corrected chi connectivity index (χ3v) is 5.94. The Hall–Kier alpha value is -0.510. The minimum Gasteiger partial charge on any atom is -0.207 e. The monoisotopic (exact) mass is 362 g/mol. The first-order valence-electron chi connectivity index (χ1n) is 7.48. The predicted molar refractivity (Wildman–Crippen MR) is 82.9 cm³/mol. The lowest BCUT2D eigenvalue weighted by Crippen LogP contribution is -2.27. The Morgan fingerprint density at radius 1 is 1.00 bits per heavy atom. The van der Waals surface area contributed by atoms with Crippen molar-refractivity contribution in [1.82, 2.24) is 0 Å². The van der Waals surface area contributed by atoms with Crippen LogP contribution in [-0.4, -0.2) is 0 Å². The molecule has 118 valence electrons. The summed E-state index contributed by atoms with van der Waals surface area (Å²) in [6.07, 6.45) is 4.02. The molecule has 1 aliphatic rings. The van der Waals surface area contributed by atoms with Crippen LogP contribution in [0.25, 0.3) is 0 Å². The van der Waals surface area contributed by atoms with Gasteiger partial charge >= 0.3 is 0 Å². The van der Waals surface area contributed by atoms with Crippen LogP contribution in [0.15, 0.2) is 12.1 Å². The Morgan fingerprint density at radius 3 is 1.90 bits per heavy atom. The minimum absolute atomic E-state index is 0.0318. The molecule has 0 spiro atoms. The first-order valence-corrected chi connectivity index (χ1v) is 8.40. The molecule has 0 heterocycles. The summed E-state index contributed by atoms with van der Waals surface area (Å²) in [6.45, 7) is 6.72. The Labute approximate surface area is 133 Å². The second kappa shape index (κ2) is 6.31. The van der Waals surface area contributed by atoms with Crippen molar-refractivity contribution in [3.8, 4) is 0 Å². The lowest BCUT2D eigenvalue weighted by molar-refractivity contribution is 0.148. The van der Waals surface area contributed by atoms with Gasteiger partial charge in [0.15, 0.2) is 0 Å². The van der Waals surface area contributed by atoms with Gasteiger partial charge in [0.05, 0.1) is 0 Å². The van der Waals surface area contributed by atoms with Gasteiger partial charge in [-0.3, -0.25) is 0 Å². The zero-order valence-electron chi connectivity index (χ0n) is 12.7. The van der Waals surface area contributed by atoms with Crippen molar-refractivity contribution in [1.29, 1.82) is 0 Å². The molecule has 2 rings (SSSR count). The smallest absolute Gasteiger partial charge is 0.133 e. The van der Waals surface area contributed by atoms with Crippen molar-refractivity contribution in [2.24, 2.45) is 17.3 Å². The molecule has 1 unspecified atom stereocenters. The number of alkyl halides is 1. The van der Waals surface area contributed by atoms with Gasteiger partial charge in [0, 0.05) is 22.5 Å². The molecule has 0 bridgehead atoms. The number of hydrogen-bond acceptors (Lipinski definition) is 0. The van der Waals surface area contributed by atoms with Gasteiger partial charge in [-0.2, -0.15) is 0 Å². The van der Waals surface area contributed by atoms with Gasteiger partial charge in [0.1, 0.15) is 17.5 Å². The normalized spacial score (nSPS) is 24.9. The fourth-order valence-corrected chi connectivity index (χ4v) is 4.30. The van der Waals surface area contributed by atoms with Crippen LogP contribution in [0, 0.1) is 34.7 Å². The molecule has 1 aliphatic carbocycles. The molecule has 1 saturated carbocycles. The summed E-state index contributed by atoms with van der Waals surface area (Å²) in [5, 5.41) is 0. The van der Waals surface area contributed by atoms with Gasteiger partial charge < -0.3 is 0 Å². The van der Waals surface area contributed by atoms with E-state index in [1.54, 1.807) is 0 Å². The third kappa shape index (κ3) is 3.82. The summed E-state index contributed by atoms with van der Waals surface area (Å²) in [4.78, 5) is -0.390. The van der Waals surface area contributed by atoms with Crippen LogP contribution in [0.5, 0.6) is 0 Å². The van der Waals surface area contributed by atoms with Gasteiger partial charge in [-0.15, -0.1) is 0 Å². The van der Waals surface area contributed by atoms with E-state index in [2.05, 4.69) is 36.7 Å². The van der Waals surface area contributed by atoms with E-state index in [-0.39, 0.29) is 21.7 Å². The van der Waals surface area contributed by atoms with Crippen molar-refractivity contribution in [2.45, 2.75) is 51.3 Å². The zero-order chi connectivity index (χ0) is 15.8. The highest BCUT2D eigenvalue weighted by molar-refractivity contribution is 9.09. The minimum atomic E-state index is -0.870. The quantitative estimate of drug-likeness (QED) is 0.534. The Kier molecular flexibility index (Phi) is 5.07. The van der Waals surface area contributed by atoms with Crippen molar-refractivity contribution in [3.63, 3.8) is 0 Å². The molecule has 1 aromatic carbocycles. The number of halogens is 4. The molecule has 1 aromatic rings. The maximum Gasteiger partial charge on any atom is 0.133 e. The van der Waals surface area contributed by atoms with E-state index in [1.807, 2.05) is 0 Å². The van der Waals surface area contributed by atoms with E-state index in [1.165, 1.54) is 0 Å². The summed E-state index contributed by atoms with van der Waals surface area (Å²) in [6, 6.07) is 1.51. The van der Waals surface area contributed by atoms with Crippen molar-refractivity contribution in [2.75, 3.05) is 0 Å². The Bertz CT molecular complexity index is 476. The maximum absolute atomic E-state index is 13.9. The number of rotatable bonds is 2. The van der Waals surface area contributed by atoms with E-state index >= 15 is 0 Å². The van der Waals surface area contributed by atoms with Gasteiger partial charge in [-0.1, -0.05) is 36.7 Å². The predicted octanol–water partition coefficient (Wildman–Crippen LogP) is 6.39. The first-order chi connectivity index (χ1) is 9.70. The van der Waals surface area contributed by atoms with Crippen molar-refractivity contribution in [3.05, 3.63) is 35.1 Å². The highest BCUT2D eigenvalue weighted by atomic mass is 79.9. The lowest BCUT2D eigenvalue weighted by Gasteiger charge is -2.38. The average Bonchev–Trinajstić information content (AvgIpc) is 2.36. The van der Waals surface area contributed by atoms with Gasteiger partial charge in [0.2, 0.25) is 0 Å². The molecule has 1 fully saturated rings. The summed E-state index contributed by atoms with van der Waals surface area (Å²) in [5.41, 5.74) is 0.245. The molecule has 4 heteroatoms. The fraction of sp³-hybridized carbons (Fsp3) is 0.647. The number of benzene rings is 1. The van der Waals surface area contributed by atoms with Crippen LogP contribution in [0.1, 0.15) is 56.8 Å². The van der Waals surface area contributed by atoms with Crippen molar-refractivity contribution >= 4 is 15.9 Å². The summed E-state index contributed by atoms with van der Waals surface area (Å²) < 4.78 is 40.7. The van der Waals surface area contributed by atoms with Crippen molar-refractivity contribution < 1.29 is 13.2 Å². The molecule has 0 aliphatic heterocycles. The molecule has 0 saturated heterocycles. The standard InChI is InChI=1S/C17H22BrF3/c1-17(2,3)11-6-4-10(5-7-11)16(18)15-13(20)8-12(19)9-14(15)21/h8-11,16H,4-7H2,1-3H3. The first kappa shape index (κ1) is 16.9. The van der Waals surface area contributed by atoms with Crippen LogP contribution in [0.2, 0.25) is 0 Å². The molecule has 0 nitrogen and oxygen atoms in total. The van der Waals surface area contributed by atoms with Gasteiger partial charge in [-0.25, -0.2) is 13.2 Å². The summed E-state index contributed by atoms with van der Waals surface area (Å²) in [7, 11) is 0. The van der Waals surface area contributed by atoms with Crippen LogP contribution >= 0.6 is 15.9 Å². The second-order valence-electron chi connectivity index (χ2n) is 7.16. The Morgan fingerprint density at radius 2 is 1.48 bits per heavy atom. The summed E-state index contributed by atoms with van der Waals surface area (Å²) in [5.74, 6) is -1.63. The van der Waals surface area contributed by atoms with E-state index in [0.717, 1.165) is 37.8 Å². The topological polar surface area (TPSA) is 0 Å². The maximum atomic E-state index is 13.9. The average molecular weight is 363 g/mol. The van der Waals surface area contributed by atoms with E-state index < -0.39 is 17.5 Å². The molecule has 0 N–H and O–H groups in total. The van der Waals surface area contributed by atoms with Crippen LogP contribution < -0.4 is 0 Å². The molecular weight excluding hydrogens is 341 g/mol. The third-order valence-electron chi connectivity index (χ3n) is 4.73. The van der Waals surface area contributed by atoms with Crippen LogP contribution in [0.4, 0.5) is 13.2 Å². The fourth-order valence-electron chi connectivity index (χ4n) is 3.33. The second-order valence-corrected chi connectivity index (χ2v) is 8.15. The van der Waals surface area contributed by atoms with Crippen LogP contribution in [-0.2, 0) is 0 Å². The van der Waals surface area contributed by atoms with E-state index in [4.69, 9.17) is 0 Å². The van der Waals surface area contributed by atoms with E-state index in [9.17, 15) is 13.2 Å². The molecule has 1 atom stereocenters. The Balaban J connectivity index is 2.11. The molecule has 0 amide bonds. The molecule has 21 heavy (non-hydrogen) atoms. The van der Waals surface area contributed by atoms with Crippen LogP contribution in [0.3, 0.4) is 0 Å². The molecular formula is C17H22BrF3. The SMILES string of the molecule is CC(C)(C)C1CCC(C(Br)c2c(F)cc(F)cc2F)CC1. The molecule has 0 radical (unpaired) electrons. The molecule has 0 aromatic heterocycles.